The van der Waals surface area contributed by atoms with Crippen molar-refractivity contribution in [3.05, 3.63) is 59.2 Å². The van der Waals surface area contributed by atoms with Crippen LogP contribution in [0.2, 0.25) is 0 Å². The first-order valence-corrected chi connectivity index (χ1v) is 8.62. The fraction of sp³-hybridized carbons (Fsp3) is 0.250. The molecular formula is C20H25ClN4O3. The molecule has 7 nitrogen and oxygen atoms in total. The van der Waals surface area contributed by atoms with Crippen LogP contribution >= 0.6 is 12.4 Å². The van der Waals surface area contributed by atoms with Crippen LogP contribution in [0.1, 0.15) is 30.5 Å². The Balaban J connectivity index is 0.00000392. The largest absolute Gasteiger partial charge is 0.325 e. The maximum absolute atomic E-state index is 11.4. The lowest BCUT2D eigenvalue weighted by Crippen LogP contribution is -2.31. The third kappa shape index (κ3) is 7.38. The highest BCUT2D eigenvalue weighted by atomic mass is 35.5. The monoisotopic (exact) mass is 404 g/mol. The predicted octanol–water partition coefficient (Wildman–Crippen LogP) is 2.34. The Morgan fingerprint density at radius 3 is 1.86 bits per heavy atom. The van der Waals surface area contributed by atoms with E-state index in [-0.39, 0.29) is 36.5 Å². The van der Waals surface area contributed by atoms with Gasteiger partial charge in [-0.25, -0.2) is 5.84 Å². The molecule has 0 saturated heterocycles. The molecule has 0 radical (unpaired) electrons. The van der Waals surface area contributed by atoms with Crippen molar-refractivity contribution in [2.24, 2.45) is 5.84 Å². The SMILES string of the molecule is CC(=O)Nc1ccc(CCc2ccc(CC(=O)NN)cc2)cc1NC(C)=O.Cl. The molecule has 5 N–H and O–H groups in total. The van der Waals surface area contributed by atoms with E-state index in [1.165, 1.54) is 13.8 Å². The van der Waals surface area contributed by atoms with Gasteiger partial charge in [0, 0.05) is 13.8 Å². The second-order valence-electron chi connectivity index (χ2n) is 6.30. The van der Waals surface area contributed by atoms with E-state index in [0.29, 0.717) is 11.4 Å². The van der Waals surface area contributed by atoms with Crippen molar-refractivity contribution in [3.63, 3.8) is 0 Å². The molecule has 0 aliphatic heterocycles. The minimum atomic E-state index is -0.229. The molecule has 0 aromatic heterocycles. The number of carbonyl (C=O) groups excluding carboxylic acids is 3. The zero-order chi connectivity index (χ0) is 19.8. The summed E-state index contributed by atoms with van der Waals surface area (Å²) in [5.41, 5.74) is 6.35. The number of benzene rings is 2. The minimum absolute atomic E-state index is 0. The third-order valence-electron chi connectivity index (χ3n) is 3.96. The zero-order valence-electron chi connectivity index (χ0n) is 15.9. The summed E-state index contributed by atoms with van der Waals surface area (Å²) in [4.78, 5) is 34.0. The lowest BCUT2D eigenvalue weighted by atomic mass is 10.0. The van der Waals surface area contributed by atoms with E-state index in [0.717, 1.165) is 29.5 Å². The smallest absolute Gasteiger partial charge is 0.238 e. The van der Waals surface area contributed by atoms with E-state index in [9.17, 15) is 14.4 Å². The van der Waals surface area contributed by atoms with Gasteiger partial charge in [-0.2, -0.15) is 0 Å². The second-order valence-corrected chi connectivity index (χ2v) is 6.30. The maximum atomic E-state index is 11.4. The summed E-state index contributed by atoms with van der Waals surface area (Å²) in [7, 11) is 0. The molecule has 0 fully saturated rings. The van der Waals surface area contributed by atoms with Crippen LogP contribution in [0, 0.1) is 0 Å². The van der Waals surface area contributed by atoms with Gasteiger partial charge in [0.05, 0.1) is 17.8 Å². The maximum Gasteiger partial charge on any atom is 0.238 e. The van der Waals surface area contributed by atoms with Crippen molar-refractivity contribution in [1.82, 2.24) is 5.43 Å². The van der Waals surface area contributed by atoms with E-state index >= 15 is 0 Å². The lowest BCUT2D eigenvalue weighted by molar-refractivity contribution is -0.120. The fourth-order valence-corrected chi connectivity index (χ4v) is 2.69. The number of aryl methyl sites for hydroxylation is 2. The van der Waals surface area contributed by atoms with Crippen LogP contribution in [0.3, 0.4) is 0 Å². The molecule has 0 saturated carbocycles. The molecule has 8 heteroatoms. The summed E-state index contributed by atoms with van der Waals surface area (Å²) in [5, 5.41) is 5.46. The number of hydrazine groups is 1. The van der Waals surface area contributed by atoms with E-state index in [1.807, 2.05) is 36.4 Å². The van der Waals surface area contributed by atoms with Gasteiger partial charge in [0.1, 0.15) is 0 Å². The van der Waals surface area contributed by atoms with Crippen molar-refractivity contribution < 1.29 is 14.4 Å². The Labute approximate surface area is 170 Å². The van der Waals surface area contributed by atoms with E-state index in [2.05, 4.69) is 16.1 Å². The standard InChI is InChI=1S/C20H24N4O3.ClH/c1-13(25)22-18-10-9-16(11-19(18)23-14(2)26)6-3-15-4-7-17(8-5-15)12-20(27)24-21;/h4-5,7-11H,3,6,12,21H2,1-2H3,(H,22,25)(H,23,26)(H,24,27);1H. The van der Waals surface area contributed by atoms with Crippen molar-refractivity contribution in [2.45, 2.75) is 33.1 Å². The molecule has 0 spiro atoms. The van der Waals surface area contributed by atoms with Gasteiger partial charge in [-0.05, 0) is 41.7 Å². The molecule has 0 heterocycles. The number of carbonyl (C=O) groups is 3. The molecule has 150 valence electrons. The highest BCUT2D eigenvalue weighted by molar-refractivity contribution is 5.98. The van der Waals surface area contributed by atoms with Crippen LogP contribution in [0.4, 0.5) is 11.4 Å². The second kappa shape index (κ2) is 11.1. The Morgan fingerprint density at radius 1 is 0.786 bits per heavy atom. The quantitative estimate of drug-likeness (QED) is 0.322. The zero-order valence-corrected chi connectivity index (χ0v) is 16.7. The first-order valence-electron chi connectivity index (χ1n) is 8.62. The van der Waals surface area contributed by atoms with E-state index in [1.54, 1.807) is 6.07 Å². The molecular weight excluding hydrogens is 380 g/mol. The first-order chi connectivity index (χ1) is 12.9. The van der Waals surface area contributed by atoms with E-state index < -0.39 is 0 Å². The summed E-state index contributed by atoms with van der Waals surface area (Å²) in [6.45, 7) is 2.85. The van der Waals surface area contributed by atoms with Gasteiger partial charge >= 0.3 is 0 Å². The van der Waals surface area contributed by atoms with Gasteiger partial charge in [-0.15, -0.1) is 12.4 Å². The number of nitrogens with one attached hydrogen (secondary N) is 3. The average molecular weight is 405 g/mol. The number of halogens is 1. The van der Waals surface area contributed by atoms with Crippen molar-refractivity contribution >= 4 is 41.5 Å². The molecule has 2 aromatic carbocycles. The molecule has 0 bridgehead atoms. The van der Waals surface area contributed by atoms with Crippen molar-refractivity contribution in [3.8, 4) is 0 Å². The molecule has 0 atom stereocenters. The molecule has 3 amide bonds. The van der Waals surface area contributed by atoms with Crippen LogP contribution in [-0.2, 0) is 33.6 Å². The fourth-order valence-electron chi connectivity index (χ4n) is 2.69. The number of amides is 3. The van der Waals surface area contributed by atoms with E-state index in [4.69, 9.17) is 5.84 Å². The normalized spacial score (nSPS) is 9.82. The number of rotatable bonds is 7. The Kier molecular flexibility index (Phi) is 9.14. The highest BCUT2D eigenvalue weighted by Gasteiger charge is 2.08. The topological polar surface area (TPSA) is 113 Å². The molecule has 0 aliphatic carbocycles. The number of anilines is 2. The van der Waals surface area contributed by atoms with Crippen LogP contribution in [0.25, 0.3) is 0 Å². The average Bonchev–Trinajstić information content (AvgIpc) is 2.62. The van der Waals surface area contributed by atoms with Crippen LogP contribution < -0.4 is 21.9 Å². The van der Waals surface area contributed by atoms with Crippen molar-refractivity contribution in [2.75, 3.05) is 10.6 Å². The Hall–Kier alpha value is -2.90. The lowest BCUT2D eigenvalue weighted by Gasteiger charge is -2.12. The van der Waals surface area contributed by atoms with Crippen LogP contribution in [0.15, 0.2) is 42.5 Å². The molecule has 0 aliphatic rings. The van der Waals surface area contributed by atoms with Gasteiger partial charge in [0.2, 0.25) is 17.7 Å². The summed E-state index contributed by atoms with van der Waals surface area (Å²) in [6.07, 6.45) is 1.83. The minimum Gasteiger partial charge on any atom is -0.325 e. The van der Waals surface area contributed by atoms with Crippen molar-refractivity contribution in [1.29, 1.82) is 0 Å². The summed E-state index contributed by atoms with van der Waals surface area (Å²) >= 11 is 0. The predicted molar refractivity (Wildman–Crippen MR) is 112 cm³/mol. The molecule has 2 rings (SSSR count). The molecule has 28 heavy (non-hydrogen) atoms. The summed E-state index contributed by atoms with van der Waals surface area (Å²) in [5.74, 6) is 4.47. The molecule has 0 unspecified atom stereocenters. The summed E-state index contributed by atoms with van der Waals surface area (Å²) in [6, 6.07) is 13.4. The summed E-state index contributed by atoms with van der Waals surface area (Å²) < 4.78 is 0. The van der Waals surface area contributed by atoms with Gasteiger partial charge < -0.3 is 10.6 Å². The third-order valence-corrected chi connectivity index (χ3v) is 3.96. The Morgan fingerprint density at radius 2 is 1.29 bits per heavy atom. The van der Waals surface area contributed by atoms with Gasteiger partial charge in [0.25, 0.3) is 0 Å². The number of hydrogen-bond donors (Lipinski definition) is 4. The number of hydrogen-bond acceptors (Lipinski definition) is 4. The Bertz CT molecular complexity index is 838. The highest BCUT2D eigenvalue weighted by Crippen LogP contribution is 2.24. The number of nitrogens with two attached hydrogens (primary N) is 1. The van der Waals surface area contributed by atoms with Gasteiger partial charge in [0.15, 0.2) is 0 Å². The first kappa shape index (κ1) is 23.1. The van der Waals surface area contributed by atoms with Gasteiger partial charge in [-0.3, -0.25) is 19.8 Å². The van der Waals surface area contributed by atoms with Gasteiger partial charge in [-0.1, -0.05) is 30.3 Å². The molecule has 2 aromatic rings. The van der Waals surface area contributed by atoms with Crippen LogP contribution in [-0.4, -0.2) is 17.7 Å². The van der Waals surface area contributed by atoms with Crippen LogP contribution in [0.5, 0.6) is 0 Å².